The monoisotopic (exact) mass is 245 g/mol. The standard InChI is InChI=1S/C12H15N5O/c1-8(9-6-14-15-7-9)16-12(18)10-4-2-3-5-11(10)17-13/h2-8,17H,13H2,1H3,(H,14,15)(H,16,18). The lowest BCUT2D eigenvalue weighted by Crippen LogP contribution is -2.27. The van der Waals surface area contributed by atoms with Crippen LogP contribution >= 0.6 is 0 Å². The molecule has 0 radical (unpaired) electrons. The quantitative estimate of drug-likeness (QED) is 0.480. The van der Waals surface area contributed by atoms with Crippen LogP contribution in [0.2, 0.25) is 0 Å². The Balaban J connectivity index is 2.12. The van der Waals surface area contributed by atoms with Crippen molar-refractivity contribution in [2.75, 3.05) is 5.43 Å². The fourth-order valence-electron chi connectivity index (χ4n) is 1.66. The lowest BCUT2D eigenvalue weighted by Gasteiger charge is -2.14. The number of H-pyrrole nitrogens is 1. The Kier molecular flexibility index (Phi) is 3.59. The van der Waals surface area contributed by atoms with E-state index in [1.54, 1.807) is 30.6 Å². The maximum Gasteiger partial charge on any atom is 0.253 e. The van der Waals surface area contributed by atoms with E-state index in [9.17, 15) is 4.79 Å². The molecule has 6 heteroatoms. The minimum atomic E-state index is -0.183. The molecule has 0 saturated carbocycles. The molecule has 0 spiro atoms. The van der Waals surface area contributed by atoms with E-state index in [1.807, 2.05) is 13.0 Å². The summed E-state index contributed by atoms with van der Waals surface area (Å²) in [6.45, 7) is 1.89. The SMILES string of the molecule is CC(NC(=O)c1ccccc1NN)c1cn[nH]c1. The van der Waals surface area contributed by atoms with Crippen molar-refractivity contribution in [3.63, 3.8) is 0 Å². The summed E-state index contributed by atoms with van der Waals surface area (Å²) in [6.07, 6.45) is 3.43. The predicted octanol–water partition coefficient (Wildman–Crippen LogP) is 1.19. The normalized spacial score (nSPS) is 11.9. The maximum atomic E-state index is 12.1. The molecule has 6 nitrogen and oxygen atoms in total. The number of nitrogen functional groups attached to an aromatic ring is 1. The first kappa shape index (κ1) is 12.1. The number of para-hydroxylation sites is 1. The van der Waals surface area contributed by atoms with Crippen molar-refractivity contribution in [3.05, 3.63) is 47.8 Å². The Morgan fingerprint density at radius 2 is 2.22 bits per heavy atom. The third-order valence-electron chi connectivity index (χ3n) is 2.69. The second kappa shape index (κ2) is 5.33. The highest BCUT2D eigenvalue weighted by molar-refractivity contribution is 5.99. The van der Waals surface area contributed by atoms with Crippen LogP contribution in [0.25, 0.3) is 0 Å². The molecule has 0 fully saturated rings. The maximum absolute atomic E-state index is 12.1. The summed E-state index contributed by atoms with van der Waals surface area (Å²) in [5.74, 6) is 5.19. The molecule has 18 heavy (non-hydrogen) atoms. The molecule has 1 unspecified atom stereocenters. The van der Waals surface area contributed by atoms with Crippen LogP contribution in [0.3, 0.4) is 0 Å². The number of carbonyl (C=O) groups excluding carboxylic acids is 1. The molecule has 0 aliphatic heterocycles. The number of aromatic amines is 1. The van der Waals surface area contributed by atoms with Crippen molar-refractivity contribution in [2.45, 2.75) is 13.0 Å². The smallest absolute Gasteiger partial charge is 0.253 e. The van der Waals surface area contributed by atoms with Gasteiger partial charge in [-0.05, 0) is 19.1 Å². The fraction of sp³-hybridized carbons (Fsp3) is 0.167. The van der Waals surface area contributed by atoms with Crippen molar-refractivity contribution in [1.29, 1.82) is 0 Å². The molecule has 0 saturated heterocycles. The van der Waals surface area contributed by atoms with Crippen LogP contribution in [-0.4, -0.2) is 16.1 Å². The number of nitrogens with one attached hydrogen (secondary N) is 3. The first-order valence-electron chi connectivity index (χ1n) is 5.57. The van der Waals surface area contributed by atoms with Gasteiger partial charge in [0.2, 0.25) is 0 Å². The van der Waals surface area contributed by atoms with E-state index >= 15 is 0 Å². The highest BCUT2D eigenvalue weighted by Gasteiger charge is 2.14. The van der Waals surface area contributed by atoms with Crippen LogP contribution in [0.15, 0.2) is 36.7 Å². The van der Waals surface area contributed by atoms with E-state index in [4.69, 9.17) is 5.84 Å². The summed E-state index contributed by atoms with van der Waals surface area (Å²) in [6, 6.07) is 6.94. The molecule has 0 aliphatic carbocycles. The van der Waals surface area contributed by atoms with Crippen LogP contribution < -0.4 is 16.6 Å². The zero-order valence-electron chi connectivity index (χ0n) is 9.97. The van der Waals surface area contributed by atoms with Gasteiger partial charge in [-0.3, -0.25) is 15.7 Å². The Morgan fingerprint density at radius 1 is 1.44 bits per heavy atom. The van der Waals surface area contributed by atoms with Crippen molar-refractivity contribution in [1.82, 2.24) is 15.5 Å². The largest absolute Gasteiger partial charge is 0.345 e. The average molecular weight is 245 g/mol. The van der Waals surface area contributed by atoms with Gasteiger partial charge in [0.05, 0.1) is 23.5 Å². The molecule has 0 bridgehead atoms. The van der Waals surface area contributed by atoms with Crippen LogP contribution in [0, 0.1) is 0 Å². The summed E-state index contributed by atoms with van der Waals surface area (Å²) < 4.78 is 0. The Labute approximate surface area is 105 Å². The van der Waals surface area contributed by atoms with E-state index in [0.29, 0.717) is 11.3 Å². The van der Waals surface area contributed by atoms with Gasteiger partial charge in [0.25, 0.3) is 5.91 Å². The minimum absolute atomic E-state index is 0.123. The number of hydrazine groups is 1. The van der Waals surface area contributed by atoms with Crippen molar-refractivity contribution in [2.24, 2.45) is 5.84 Å². The van der Waals surface area contributed by atoms with Gasteiger partial charge in [-0.15, -0.1) is 0 Å². The van der Waals surface area contributed by atoms with E-state index in [0.717, 1.165) is 5.56 Å². The third-order valence-corrected chi connectivity index (χ3v) is 2.69. The summed E-state index contributed by atoms with van der Waals surface area (Å²) >= 11 is 0. The number of nitrogens with two attached hydrogens (primary N) is 1. The van der Waals surface area contributed by atoms with E-state index in [-0.39, 0.29) is 11.9 Å². The van der Waals surface area contributed by atoms with Crippen LogP contribution in [0.1, 0.15) is 28.9 Å². The summed E-state index contributed by atoms with van der Waals surface area (Å²) in [7, 11) is 0. The minimum Gasteiger partial charge on any atom is -0.345 e. The molecule has 2 aromatic rings. The summed E-state index contributed by atoms with van der Waals surface area (Å²) in [4.78, 5) is 12.1. The van der Waals surface area contributed by atoms with Gasteiger partial charge in [-0.2, -0.15) is 5.10 Å². The zero-order chi connectivity index (χ0) is 13.0. The molecule has 1 aromatic carbocycles. The number of benzene rings is 1. The van der Waals surface area contributed by atoms with Gasteiger partial charge in [0.15, 0.2) is 0 Å². The molecule has 1 atom stereocenters. The number of nitrogens with zero attached hydrogens (tertiary/aromatic N) is 1. The third kappa shape index (κ3) is 2.49. The number of carbonyl (C=O) groups is 1. The Hall–Kier alpha value is -2.34. The van der Waals surface area contributed by atoms with Crippen LogP contribution in [0.4, 0.5) is 5.69 Å². The van der Waals surface area contributed by atoms with Gasteiger partial charge in [0.1, 0.15) is 0 Å². The van der Waals surface area contributed by atoms with E-state index < -0.39 is 0 Å². The molecule has 2 rings (SSSR count). The lowest BCUT2D eigenvalue weighted by atomic mass is 10.1. The first-order chi connectivity index (χ1) is 8.72. The summed E-state index contributed by atoms with van der Waals surface area (Å²) in [5, 5.41) is 9.44. The Bertz CT molecular complexity index is 523. The van der Waals surface area contributed by atoms with Gasteiger partial charge in [-0.1, -0.05) is 12.1 Å². The second-order valence-electron chi connectivity index (χ2n) is 3.92. The molecule has 1 aromatic heterocycles. The predicted molar refractivity (Wildman–Crippen MR) is 68.7 cm³/mol. The van der Waals surface area contributed by atoms with Crippen molar-refractivity contribution < 1.29 is 4.79 Å². The first-order valence-corrected chi connectivity index (χ1v) is 5.57. The van der Waals surface area contributed by atoms with E-state index in [1.165, 1.54) is 0 Å². The number of anilines is 1. The molecule has 0 aliphatic rings. The molecule has 5 N–H and O–H groups in total. The molecule has 1 amide bonds. The van der Waals surface area contributed by atoms with Crippen LogP contribution in [-0.2, 0) is 0 Å². The Morgan fingerprint density at radius 3 is 2.89 bits per heavy atom. The van der Waals surface area contributed by atoms with Crippen molar-refractivity contribution in [3.8, 4) is 0 Å². The van der Waals surface area contributed by atoms with Gasteiger partial charge >= 0.3 is 0 Å². The highest BCUT2D eigenvalue weighted by atomic mass is 16.1. The fourth-order valence-corrected chi connectivity index (χ4v) is 1.66. The van der Waals surface area contributed by atoms with Gasteiger partial charge < -0.3 is 10.7 Å². The number of amides is 1. The second-order valence-corrected chi connectivity index (χ2v) is 3.92. The molecular weight excluding hydrogens is 230 g/mol. The molecular formula is C12H15N5O. The number of rotatable bonds is 4. The number of hydrogen-bond donors (Lipinski definition) is 4. The average Bonchev–Trinajstić information content (AvgIpc) is 2.92. The van der Waals surface area contributed by atoms with Crippen molar-refractivity contribution >= 4 is 11.6 Å². The highest BCUT2D eigenvalue weighted by Crippen LogP contribution is 2.16. The molecule has 1 heterocycles. The van der Waals surface area contributed by atoms with Crippen LogP contribution in [0.5, 0.6) is 0 Å². The topological polar surface area (TPSA) is 95.8 Å². The zero-order valence-corrected chi connectivity index (χ0v) is 9.97. The van der Waals surface area contributed by atoms with E-state index in [2.05, 4.69) is 20.9 Å². The summed E-state index contributed by atoms with van der Waals surface area (Å²) in [5.41, 5.74) is 4.52. The lowest BCUT2D eigenvalue weighted by molar-refractivity contribution is 0.0940. The molecule has 94 valence electrons. The van der Waals surface area contributed by atoms with Gasteiger partial charge in [0, 0.05) is 11.8 Å². The van der Waals surface area contributed by atoms with Gasteiger partial charge in [-0.25, -0.2) is 0 Å². The number of aromatic nitrogens is 2. The number of hydrogen-bond acceptors (Lipinski definition) is 4.